The molecule has 2 aliphatic heterocycles. The number of rotatable bonds is 3. The van der Waals surface area contributed by atoms with Gasteiger partial charge in [0.05, 0.1) is 30.3 Å². The molecule has 0 radical (unpaired) electrons. The molecule has 1 aromatic carbocycles. The van der Waals surface area contributed by atoms with E-state index < -0.39 is 10.0 Å². The van der Waals surface area contributed by atoms with Gasteiger partial charge >= 0.3 is 0 Å². The molecule has 2 aliphatic rings. The first-order chi connectivity index (χ1) is 13.8. The number of anilines is 1. The lowest BCUT2D eigenvalue weighted by Crippen LogP contribution is -2.39. The smallest absolute Gasteiger partial charge is 0.243 e. The zero-order valence-corrected chi connectivity index (χ0v) is 18.3. The van der Waals surface area contributed by atoms with Crippen molar-refractivity contribution in [2.24, 2.45) is 0 Å². The number of nitrogens with zero attached hydrogens (tertiary/aromatic N) is 4. The summed E-state index contributed by atoms with van der Waals surface area (Å²) in [6, 6.07) is 2.05. The number of fused-ring (bicyclic) bond motifs is 1. The van der Waals surface area contributed by atoms with Crippen molar-refractivity contribution in [2.45, 2.75) is 45.6 Å². The van der Waals surface area contributed by atoms with Crippen molar-refractivity contribution in [3.8, 4) is 0 Å². The normalized spacial score (nSPS) is 18.0. The maximum atomic E-state index is 13.6. The zero-order chi connectivity index (χ0) is 20.8. The van der Waals surface area contributed by atoms with E-state index >= 15 is 0 Å². The molecule has 7 nitrogen and oxygen atoms in total. The standard InChI is InChI=1S/C21H28N4O3S/c1-14-11-15(2)17(4)20(16(14)3)29(26,27)25-6-5-18-12-22-21(23-19(18)13-25)24-7-9-28-10-8-24/h11-12H,5-10,13H2,1-4H3. The minimum Gasteiger partial charge on any atom is -0.378 e. The monoisotopic (exact) mass is 416 g/mol. The van der Waals surface area contributed by atoms with Crippen LogP contribution in [0.25, 0.3) is 0 Å². The van der Waals surface area contributed by atoms with Gasteiger partial charge in [-0.25, -0.2) is 18.4 Å². The molecular formula is C21H28N4O3S. The van der Waals surface area contributed by atoms with Gasteiger partial charge in [0, 0.05) is 25.8 Å². The Bertz CT molecular complexity index is 1020. The van der Waals surface area contributed by atoms with E-state index in [2.05, 4.69) is 16.0 Å². The largest absolute Gasteiger partial charge is 0.378 e. The van der Waals surface area contributed by atoms with Crippen LogP contribution in [-0.2, 0) is 27.7 Å². The van der Waals surface area contributed by atoms with E-state index in [-0.39, 0.29) is 6.54 Å². The minimum atomic E-state index is -3.61. The third-order valence-electron chi connectivity index (χ3n) is 6.09. The molecule has 3 heterocycles. The van der Waals surface area contributed by atoms with Crippen LogP contribution in [0, 0.1) is 27.7 Å². The Labute approximate surface area is 172 Å². The van der Waals surface area contributed by atoms with Gasteiger partial charge < -0.3 is 9.64 Å². The van der Waals surface area contributed by atoms with Gasteiger partial charge in [0.2, 0.25) is 16.0 Å². The van der Waals surface area contributed by atoms with E-state index in [1.807, 2.05) is 33.9 Å². The molecule has 156 valence electrons. The molecule has 0 N–H and O–H groups in total. The molecule has 4 rings (SSSR count). The first-order valence-corrected chi connectivity index (χ1v) is 11.5. The van der Waals surface area contributed by atoms with Crippen LogP contribution in [0.3, 0.4) is 0 Å². The molecule has 0 saturated carbocycles. The molecule has 0 atom stereocenters. The third-order valence-corrected chi connectivity index (χ3v) is 8.21. The van der Waals surface area contributed by atoms with Gasteiger partial charge in [-0.2, -0.15) is 4.31 Å². The molecule has 1 aromatic heterocycles. The molecule has 8 heteroatoms. The van der Waals surface area contributed by atoms with Gasteiger partial charge in [0.25, 0.3) is 0 Å². The Morgan fingerprint density at radius 3 is 2.31 bits per heavy atom. The van der Waals surface area contributed by atoms with Crippen LogP contribution in [-0.4, -0.2) is 55.5 Å². The summed E-state index contributed by atoms with van der Waals surface area (Å²) in [6.45, 7) is 11.3. The van der Waals surface area contributed by atoms with E-state index in [0.29, 0.717) is 37.0 Å². The Hall–Kier alpha value is -2.03. The molecule has 2 aromatic rings. The van der Waals surface area contributed by atoms with Crippen LogP contribution >= 0.6 is 0 Å². The zero-order valence-electron chi connectivity index (χ0n) is 17.5. The fraction of sp³-hybridized carbons (Fsp3) is 0.524. The Balaban J connectivity index is 1.67. The highest BCUT2D eigenvalue weighted by molar-refractivity contribution is 7.89. The van der Waals surface area contributed by atoms with Crippen molar-refractivity contribution < 1.29 is 13.2 Å². The topological polar surface area (TPSA) is 75.6 Å². The Kier molecular flexibility index (Phi) is 5.35. The highest BCUT2D eigenvalue weighted by Crippen LogP contribution is 2.31. The molecular weight excluding hydrogens is 388 g/mol. The van der Waals surface area contributed by atoms with Crippen LogP contribution in [0.1, 0.15) is 33.5 Å². The summed E-state index contributed by atoms with van der Waals surface area (Å²) < 4.78 is 34.1. The molecule has 1 fully saturated rings. The molecule has 0 amide bonds. The van der Waals surface area contributed by atoms with Crippen LogP contribution < -0.4 is 4.90 Å². The maximum Gasteiger partial charge on any atom is 0.243 e. The first-order valence-electron chi connectivity index (χ1n) is 10.0. The number of ether oxygens (including phenoxy) is 1. The lowest BCUT2D eigenvalue weighted by Gasteiger charge is -2.31. The molecule has 0 aliphatic carbocycles. The lowest BCUT2D eigenvalue weighted by molar-refractivity contribution is 0.122. The number of aromatic nitrogens is 2. The summed E-state index contributed by atoms with van der Waals surface area (Å²) in [4.78, 5) is 11.8. The van der Waals surface area contributed by atoms with E-state index in [9.17, 15) is 8.42 Å². The first kappa shape index (κ1) is 20.3. The van der Waals surface area contributed by atoms with Gasteiger partial charge in [0.1, 0.15) is 0 Å². The average Bonchev–Trinajstić information content (AvgIpc) is 2.72. The predicted molar refractivity (Wildman–Crippen MR) is 112 cm³/mol. The van der Waals surface area contributed by atoms with Crippen molar-refractivity contribution in [1.29, 1.82) is 0 Å². The van der Waals surface area contributed by atoms with Gasteiger partial charge in [-0.05, 0) is 61.9 Å². The van der Waals surface area contributed by atoms with Crippen LogP contribution in [0.5, 0.6) is 0 Å². The number of sulfonamides is 1. The van der Waals surface area contributed by atoms with Gasteiger partial charge in [0.15, 0.2) is 0 Å². The molecule has 0 spiro atoms. The maximum absolute atomic E-state index is 13.6. The van der Waals surface area contributed by atoms with E-state index in [1.54, 1.807) is 4.31 Å². The highest BCUT2D eigenvalue weighted by atomic mass is 32.2. The van der Waals surface area contributed by atoms with Crippen LogP contribution in [0.2, 0.25) is 0 Å². The van der Waals surface area contributed by atoms with Crippen LogP contribution in [0.4, 0.5) is 5.95 Å². The Morgan fingerprint density at radius 1 is 1.00 bits per heavy atom. The van der Waals surface area contributed by atoms with Gasteiger partial charge in [-0.3, -0.25) is 0 Å². The fourth-order valence-corrected chi connectivity index (χ4v) is 6.06. The summed E-state index contributed by atoms with van der Waals surface area (Å²) >= 11 is 0. The summed E-state index contributed by atoms with van der Waals surface area (Å²) in [5, 5.41) is 0. The quantitative estimate of drug-likeness (QED) is 0.764. The number of hydrogen-bond donors (Lipinski definition) is 0. The van der Waals surface area contributed by atoms with E-state index in [4.69, 9.17) is 9.72 Å². The second-order valence-electron chi connectivity index (χ2n) is 7.92. The second-order valence-corrected chi connectivity index (χ2v) is 9.79. The molecule has 1 saturated heterocycles. The van der Waals surface area contributed by atoms with Crippen molar-refractivity contribution >= 4 is 16.0 Å². The SMILES string of the molecule is Cc1cc(C)c(C)c(S(=O)(=O)N2CCc3cnc(N4CCOCC4)nc3C2)c1C. The molecule has 0 bridgehead atoms. The lowest BCUT2D eigenvalue weighted by atomic mass is 10.0. The van der Waals surface area contributed by atoms with Crippen molar-refractivity contribution in [3.63, 3.8) is 0 Å². The van der Waals surface area contributed by atoms with Gasteiger partial charge in [-0.15, -0.1) is 0 Å². The number of morpholine rings is 1. The number of hydrogen-bond acceptors (Lipinski definition) is 6. The second kappa shape index (κ2) is 7.66. The average molecular weight is 417 g/mol. The van der Waals surface area contributed by atoms with Crippen molar-refractivity contribution in [3.05, 3.63) is 45.8 Å². The minimum absolute atomic E-state index is 0.281. The van der Waals surface area contributed by atoms with Gasteiger partial charge in [-0.1, -0.05) is 6.07 Å². The summed E-state index contributed by atoms with van der Waals surface area (Å²) in [7, 11) is -3.61. The van der Waals surface area contributed by atoms with Crippen molar-refractivity contribution in [1.82, 2.24) is 14.3 Å². The van der Waals surface area contributed by atoms with Crippen LogP contribution in [0.15, 0.2) is 17.2 Å². The third kappa shape index (κ3) is 3.65. The summed E-state index contributed by atoms with van der Waals surface area (Å²) in [5.41, 5.74) is 5.49. The molecule has 0 unspecified atom stereocenters. The predicted octanol–water partition coefficient (Wildman–Crippen LogP) is 2.29. The fourth-order valence-electron chi connectivity index (χ4n) is 4.09. The highest BCUT2D eigenvalue weighted by Gasteiger charge is 2.32. The van der Waals surface area contributed by atoms with E-state index in [0.717, 1.165) is 46.6 Å². The number of benzene rings is 1. The number of aryl methyl sites for hydroxylation is 2. The Morgan fingerprint density at radius 2 is 1.66 bits per heavy atom. The summed E-state index contributed by atoms with van der Waals surface area (Å²) in [5.74, 6) is 0.657. The van der Waals surface area contributed by atoms with E-state index in [1.165, 1.54) is 0 Å². The van der Waals surface area contributed by atoms with Crippen molar-refractivity contribution in [2.75, 3.05) is 37.7 Å². The summed E-state index contributed by atoms with van der Waals surface area (Å²) in [6.07, 6.45) is 2.48. The molecule has 29 heavy (non-hydrogen) atoms.